The van der Waals surface area contributed by atoms with Crippen LogP contribution in [0.5, 0.6) is 0 Å². The van der Waals surface area contributed by atoms with E-state index in [9.17, 15) is 4.79 Å². The molecule has 1 nitrogen and oxygen atoms in total. The highest BCUT2D eigenvalue weighted by Crippen LogP contribution is 2.44. The minimum absolute atomic E-state index is 0.426. The lowest BCUT2D eigenvalue weighted by atomic mass is 9.70. The summed E-state index contributed by atoms with van der Waals surface area (Å²) in [4.78, 5) is 11.6. The lowest BCUT2D eigenvalue weighted by Gasteiger charge is -2.33. The first kappa shape index (κ1) is 11.0. The number of benzene rings is 2. The van der Waals surface area contributed by atoms with E-state index < -0.39 is 0 Å². The topological polar surface area (TPSA) is 17.1 Å². The number of hydrogen-bond donors (Lipinski definition) is 0. The monoisotopic (exact) mass is 248 g/mol. The van der Waals surface area contributed by atoms with Crippen LogP contribution in [0.3, 0.4) is 0 Å². The zero-order valence-corrected chi connectivity index (χ0v) is 10.8. The number of rotatable bonds is 0. The van der Waals surface area contributed by atoms with Gasteiger partial charge in [-0.2, -0.15) is 0 Å². The molecule has 0 bridgehead atoms. The SMILES string of the molecule is O=C1CCC2c3ccc4ccccc4c3C=CC2C1. The van der Waals surface area contributed by atoms with Gasteiger partial charge in [0.15, 0.2) is 0 Å². The average molecular weight is 248 g/mol. The minimum atomic E-state index is 0.426. The fraction of sp³-hybridized carbons (Fsp3) is 0.278. The third kappa shape index (κ3) is 1.65. The van der Waals surface area contributed by atoms with Gasteiger partial charge in [0, 0.05) is 12.8 Å². The smallest absolute Gasteiger partial charge is 0.133 e. The molecule has 2 atom stereocenters. The van der Waals surface area contributed by atoms with E-state index in [1.165, 1.54) is 21.9 Å². The van der Waals surface area contributed by atoms with Crippen LogP contribution in [0.25, 0.3) is 16.8 Å². The van der Waals surface area contributed by atoms with Crippen LogP contribution in [0.2, 0.25) is 0 Å². The molecule has 2 aromatic rings. The summed E-state index contributed by atoms with van der Waals surface area (Å²) in [6.07, 6.45) is 6.99. The van der Waals surface area contributed by atoms with E-state index in [1.807, 2.05) is 0 Å². The zero-order chi connectivity index (χ0) is 12.8. The van der Waals surface area contributed by atoms with Crippen molar-refractivity contribution < 1.29 is 4.79 Å². The summed E-state index contributed by atoms with van der Waals surface area (Å²) >= 11 is 0. The molecule has 1 saturated carbocycles. The Hall–Kier alpha value is -1.89. The Balaban J connectivity index is 1.91. The number of Topliss-reactive ketones (excluding diaryl/α,β-unsaturated/α-hetero) is 1. The molecule has 2 aromatic carbocycles. The van der Waals surface area contributed by atoms with Crippen molar-refractivity contribution in [2.75, 3.05) is 0 Å². The second kappa shape index (κ2) is 4.06. The molecule has 0 radical (unpaired) electrons. The molecule has 0 amide bonds. The Kier molecular flexibility index (Phi) is 2.34. The molecule has 0 spiro atoms. The van der Waals surface area contributed by atoms with Gasteiger partial charge in [-0.1, -0.05) is 48.6 Å². The van der Waals surface area contributed by atoms with Gasteiger partial charge in [0.25, 0.3) is 0 Å². The van der Waals surface area contributed by atoms with Gasteiger partial charge in [-0.3, -0.25) is 4.79 Å². The summed E-state index contributed by atoms with van der Waals surface area (Å²) in [6, 6.07) is 13.1. The van der Waals surface area contributed by atoms with Crippen molar-refractivity contribution in [2.24, 2.45) is 5.92 Å². The Morgan fingerprint density at radius 3 is 2.89 bits per heavy atom. The van der Waals surface area contributed by atoms with Crippen LogP contribution in [0.1, 0.15) is 36.3 Å². The predicted molar refractivity (Wildman–Crippen MR) is 78.1 cm³/mol. The van der Waals surface area contributed by atoms with Crippen LogP contribution in [-0.2, 0) is 4.79 Å². The van der Waals surface area contributed by atoms with Gasteiger partial charge in [-0.05, 0) is 40.2 Å². The summed E-state index contributed by atoms with van der Waals surface area (Å²) in [6.45, 7) is 0. The molecule has 2 aliphatic rings. The number of carbonyl (C=O) groups excluding carboxylic acids is 1. The van der Waals surface area contributed by atoms with Gasteiger partial charge in [0.05, 0.1) is 0 Å². The van der Waals surface area contributed by atoms with Gasteiger partial charge in [0.1, 0.15) is 5.78 Å². The Morgan fingerprint density at radius 1 is 1.05 bits per heavy atom. The van der Waals surface area contributed by atoms with E-state index in [1.54, 1.807) is 0 Å². The number of ketones is 1. The number of fused-ring (bicyclic) bond motifs is 5. The first-order valence-electron chi connectivity index (χ1n) is 7.04. The third-order valence-electron chi connectivity index (χ3n) is 4.63. The fourth-order valence-electron chi connectivity index (χ4n) is 3.67. The quantitative estimate of drug-likeness (QED) is 0.678. The summed E-state index contributed by atoms with van der Waals surface area (Å²) in [5, 5.41) is 2.64. The van der Waals surface area contributed by atoms with E-state index in [4.69, 9.17) is 0 Å². The second-order valence-electron chi connectivity index (χ2n) is 5.70. The van der Waals surface area contributed by atoms with Crippen molar-refractivity contribution in [3.05, 3.63) is 53.6 Å². The van der Waals surface area contributed by atoms with E-state index in [2.05, 4.69) is 48.6 Å². The molecule has 1 fully saturated rings. The van der Waals surface area contributed by atoms with E-state index in [0.29, 0.717) is 17.6 Å². The fourth-order valence-corrected chi connectivity index (χ4v) is 3.67. The standard InChI is InChI=1S/C18H16O/c19-14-7-10-16-13(11-14)6-9-17-15-4-2-1-3-12(15)5-8-18(16)17/h1-6,8-9,13,16H,7,10-11H2. The Morgan fingerprint density at radius 2 is 1.95 bits per heavy atom. The Bertz CT molecular complexity index is 696. The average Bonchev–Trinajstić information content (AvgIpc) is 2.46. The van der Waals surface area contributed by atoms with E-state index in [0.717, 1.165) is 19.3 Å². The molecule has 2 unspecified atom stereocenters. The molecule has 4 rings (SSSR count). The van der Waals surface area contributed by atoms with E-state index >= 15 is 0 Å². The molecular weight excluding hydrogens is 232 g/mol. The minimum Gasteiger partial charge on any atom is -0.300 e. The van der Waals surface area contributed by atoms with Crippen molar-refractivity contribution in [3.8, 4) is 0 Å². The molecule has 0 heterocycles. The van der Waals surface area contributed by atoms with E-state index in [-0.39, 0.29) is 0 Å². The summed E-state index contributed by atoms with van der Waals surface area (Å²) < 4.78 is 0. The van der Waals surface area contributed by atoms with Gasteiger partial charge in [-0.15, -0.1) is 0 Å². The molecule has 94 valence electrons. The van der Waals surface area contributed by atoms with Gasteiger partial charge in [0.2, 0.25) is 0 Å². The highest BCUT2D eigenvalue weighted by Gasteiger charge is 2.32. The van der Waals surface area contributed by atoms with Crippen molar-refractivity contribution in [1.29, 1.82) is 0 Å². The molecule has 0 N–H and O–H groups in total. The molecule has 2 aliphatic carbocycles. The Labute approximate surface area is 112 Å². The third-order valence-corrected chi connectivity index (χ3v) is 4.63. The number of hydrogen-bond acceptors (Lipinski definition) is 1. The number of allylic oxidation sites excluding steroid dienone is 1. The van der Waals surface area contributed by atoms with Gasteiger partial charge in [-0.25, -0.2) is 0 Å². The molecule has 0 aromatic heterocycles. The van der Waals surface area contributed by atoms with Gasteiger partial charge < -0.3 is 0 Å². The van der Waals surface area contributed by atoms with Crippen LogP contribution in [-0.4, -0.2) is 5.78 Å². The van der Waals surface area contributed by atoms with Crippen molar-refractivity contribution in [1.82, 2.24) is 0 Å². The maximum atomic E-state index is 11.6. The van der Waals surface area contributed by atoms with Crippen LogP contribution < -0.4 is 0 Å². The molecule has 0 saturated heterocycles. The molecule has 1 heteroatoms. The first-order chi connectivity index (χ1) is 9.33. The lowest BCUT2D eigenvalue weighted by Crippen LogP contribution is -2.24. The highest BCUT2D eigenvalue weighted by molar-refractivity contribution is 5.93. The number of carbonyl (C=O) groups is 1. The van der Waals surface area contributed by atoms with Gasteiger partial charge >= 0.3 is 0 Å². The maximum Gasteiger partial charge on any atom is 0.133 e. The van der Waals surface area contributed by atoms with Crippen LogP contribution in [0.4, 0.5) is 0 Å². The summed E-state index contributed by atoms with van der Waals surface area (Å²) in [5.74, 6) is 1.40. The van der Waals surface area contributed by atoms with Crippen molar-refractivity contribution >= 4 is 22.6 Å². The highest BCUT2D eigenvalue weighted by atomic mass is 16.1. The molecule has 19 heavy (non-hydrogen) atoms. The lowest BCUT2D eigenvalue weighted by molar-refractivity contribution is -0.121. The maximum absolute atomic E-state index is 11.6. The first-order valence-corrected chi connectivity index (χ1v) is 7.04. The zero-order valence-electron chi connectivity index (χ0n) is 10.8. The van der Waals surface area contributed by atoms with Crippen LogP contribution >= 0.6 is 0 Å². The van der Waals surface area contributed by atoms with Crippen LogP contribution in [0.15, 0.2) is 42.5 Å². The largest absolute Gasteiger partial charge is 0.300 e. The summed E-state index contributed by atoms with van der Waals surface area (Å²) in [5.41, 5.74) is 2.81. The normalized spacial score (nSPS) is 25.2. The predicted octanol–water partition coefficient (Wildman–Crippen LogP) is 4.32. The van der Waals surface area contributed by atoms with Crippen LogP contribution in [0, 0.1) is 5.92 Å². The second-order valence-corrected chi connectivity index (χ2v) is 5.70. The molecular formula is C18H16O. The molecule has 0 aliphatic heterocycles. The van der Waals surface area contributed by atoms with Crippen molar-refractivity contribution in [2.45, 2.75) is 25.2 Å². The van der Waals surface area contributed by atoms with Crippen molar-refractivity contribution in [3.63, 3.8) is 0 Å². The summed E-state index contributed by atoms with van der Waals surface area (Å²) in [7, 11) is 0.